The summed E-state index contributed by atoms with van der Waals surface area (Å²) in [5.41, 5.74) is 9.38. The van der Waals surface area contributed by atoms with Gasteiger partial charge in [-0.1, -0.05) is 18.2 Å². The van der Waals surface area contributed by atoms with Crippen molar-refractivity contribution in [1.82, 2.24) is 4.90 Å². The molecule has 1 aliphatic rings. The van der Waals surface area contributed by atoms with Crippen LogP contribution in [-0.2, 0) is 4.79 Å². The van der Waals surface area contributed by atoms with Crippen LogP contribution >= 0.6 is 0 Å². The number of hydrogen-bond donors (Lipinski definition) is 1. The molecule has 1 amide bonds. The van der Waals surface area contributed by atoms with Crippen molar-refractivity contribution in [1.29, 1.82) is 0 Å². The number of rotatable bonds is 3. The van der Waals surface area contributed by atoms with Crippen molar-refractivity contribution in [2.45, 2.75) is 20.3 Å². The molecule has 1 aliphatic heterocycles. The number of aryl methyl sites for hydroxylation is 2. The quantitative estimate of drug-likeness (QED) is 0.892. The molecule has 1 aromatic carbocycles. The van der Waals surface area contributed by atoms with Gasteiger partial charge in [0.15, 0.2) is 0 Å². The third-order valence-corrected chi connectivity index (χ3v) is 3.75. The third-order valence-electron chi connectivity index (χ3n) is 3.75. The summed E-state index contributed by atoms with van der Waals surface area (Å²) >= 11 is 0. The van der Waals surface area contributed by atoms with Crippen LogP contribution in [0.5, 0.6) is 0 Å². The van der Waals surface area contributed by atoms with Gasteiger partial charge in [0.05, 0.1) is 0 Å². The summed E-state index contributed by atoms with van der Waals surface area (Å²) in [5, 5.41) is 0. The minimum Gasteiger partial charge on any atom is -0.368 e. The summed E-state index contributed by atoms with van der Waals surface area (Å²) in [6.45, 7) is 8.14. The molecule has 104 valence electrons. The van der Waals surface area contributed by atoms with Gasteiger partial charge in [-0.15, -0.1) is 0 Å². The average molecular weight is 261 g/mol. The highest BCUT2D eigenvalue weighted by atomic mass is 16.2. The van der Waals surface area contributed by atoms with E-state index in [1.165, 1.54) is 16.8 Å². The number of nitrogens with zero attached hydrogens (tertiary/aromatic N) is 2. The number of piperazine rings is 1. The average Bonchev–Trinajstić information content (AvgIpc) is 2.39. The maximum atomic E-state index is 11.8. The van der Waals surface area contributed by atoms with Gasteiger partial charge in [-0.2, -0.15) is 0 Å². The summed E-state index contributed by atoms with van der Waals surface area (Å²) < 4.78 is 0. The van der Waals surface area contributed by atoms with Crippen LogP contribution in [-0.4, -0.2) is 43.5 Å². The molecule has 4 nitrogen and oxygen atoms in total. The van der Waals surface area contributed by atoms with E-state index in [9.17, 15) is 4.79 Å². The number of carbonyl (C=O) groups excluding carboxylic acids is 1. The highest BCUT2D eigenvalue weighted by molar-refractivity contribution is 5.76. The molecule has 1 heterocycles. The molecule has 0 bridgehead atoms. The smallest absolute Gasteiger partial charge is 0.223 e. The Balaban J connectivity index is 2.02. The zero-order valence-electron chi connectivity index (χ0n) is 11.9. The first-order chi connectivity index (χ1) is 9.13. The molecule has 0 unspecified atom stereocenters. The number of para-hydroxylation sites is 1. The van der Waals surface area contributed by atoms with E-state index in [0.717, 1.165) is 26.2 Å². The van der Waals surface area contributed by atoms with Gasteiger partial charge >= 0.3 is 0 Å². The van der Waals surface area contributed by atoms with E-state index in [1.54, 1.807) is 0 Å². The van der Waals surface area contributed by atoms with Crippen LogP contribution in [0, 0.1) is 13.8 Å². The molecule has 19 heavy (non-hydrogen) atoms. The molecule has 1 saturated heterocycles. The molecule has 0 radical (unpaired) electrons. The Labute approximate surface area is 115 Å². The van der Waals surface area contributed by atoms with Crippen molar-refractivity contribution in [3.05, 3.63) is 29.3 Å². The predicted molar refractivity (Wildman–Crippen MR) is 78.4 cm³/mol. The molecule has 0 saturated carbocycles. The minimum atomic E-state index is 0.184. The molecule has 2 rings (SSSR count). The first kappa shape index (κ1) is 13.9. The normalized spacial score (nSPS) is 15.7. The summed E-state index contributed by atoms with van der Waals surface area (Å²) in [6.07, 6.45) is 0.462. The Morgan fingerprint density at radius 1 is 1.16 bits per heavy atom. The van der Waals surface area contributed by atoms with E-state index in [1.807, 2.05) is 4.90 Å². The van der Waals surface area contributed by atoms with Crippen molar-refractivity contribution >= 4 is 11.6 Å². The SMILES string of the molecule is Cc1cccc(C)c1N1CCN(C(=O)CCN)CC1. The lowest BCUT2D eigenvalue weighted by atomic mass is 10.1. The Morgan fingerprint density at radius 2 is 1.74 bits per heavy atom. The van der Waals surface area contributed by atoms with Gasteiger partial charge in [0.2, 0.25) is 5.91 Å². The van der Waals surface area contributed by atoms with E-state index in [2.05, 4.69) is 36.9 Å². The maximum absolute atomic E-state index is 11.8. The molecular weight excluding hydrogens is 238 g/mol. The number of amides is 1. The highest BCUT2D eigenvalue weighted by Gasteiger charge is 2.22. The lowest BCUT2D eigenvalue weighted by molar-refractivity contribution is -0.131. The molecular formula is C15H23N3O. The number of nitrogens with two attached hydrogens (primary N) is 1. The molecule has 1 fully saturated rings. The van der Waals surface area contributed by atoms with E-state index in [-0.39, 0.29) is 5.91 Å². The second kappa shape index (κ2) is 6.06. The molecule has 0 spiro atoms. The van der Waals surface area contributed by atoms with E-state index < -0.39 is 0 Å². The number of benzene rings is 1. The number of anilines is 1. The second-order valence-corrected chi connectivity index (χ2v) is 5.15. The van der Waals surface area contributed by atoms with Gasteiger partial charge in [0.25, 0.3) is 0 Å². The maximum Gasteiger partial charge on any atom is 0.223 e. The molecule has 0 aliphatic carbocycles. The lowest BCUT2D eigenvalue weighted by Gasteiger charge is -2.37. The van der Waals surface area contributed by atoms with Crippen LogP contribution in [0.1, 0.15) is 17.5 Å². The first-order valence-corrected chi connectivity index (χ1v) is 6.92. The monoisotopic (exact) mass is 261 g/mol. The minimum absolute atomic E-state index is 0.184. The van der Waals surface area contributed by atoms with Crippen molar-refractivity contribution in [3.63, 3.8) is 0 Å². The van der Waals surface area contributed by atoms with Crippen molar-refractivity contribution in [2.24, 2.45) is 5.73 Å². The third kappa shape index (κ3) is 3.07. The van der Waals surface area contributed by atoms with Crippen molar-refractivity contribution < 1.29 is 4.79 Å². The second-order valence-electron chi connectivity index (χ2n) is 5.15. The summed E-state index contributed by atoms with van der Waals surface area (Å²) in [6, 6.07) is 6.39. The zero-order valence-corrected chi connectivity index (χ0v) is 11.9. The van der Waals surface area contributed by atoms with Crippen LogP contribution in [0.2, 0.25) is 0 Å². The number of hydrogen-bond acceptors (Lipinski definition) is 3. The Bertz CT molecular complexity index is 430. The molecule has 1 aromatic rings. The largest absolute Gasteiger partial charge is 0.368 e. The van der Waals surface area contributed by atoms with Crippen LogP contribution in [0.3, 0.4) is 0 Å². The Hall–Kier alpha value is -1.55. The highest BCUT2D eigenvalue weighted by Crippen LogP contribution is 2.25. The van der Waals surface area contributed by atoms with Crippen molar-refractivity contribution in [3.8, 4) is 0 Å². The van der Waals surface area contributed by atoms with E-state index in [0.29, 0.717) is 13.0 Å². The molecule has 2 N–H and O–H groups in total. The van der Waals surface area contributed by atoms with Crippen LogP contribution in [0.15, 0.2) is 18.2 Å². The van der Waals surface area contributed by atoms with Gasteiger partial charge in [0.1, 0.15) is 0 Å². The van der Waals surface area contributed by atoms with Gasteiger partial charge in [-0.05, 0) is 25.0 Å². The predicted octanol–water partition coefficient (Wildman–Crippen LogP) is 1.30. The van der Waals surface area contributed by atoms with E-state index >= 15 is 0 Å². The van der Waals surface area contributed by atoms with Gasteiger partial charge in [0, 0.05) is 44.8 Å². The summed E-state index contributed by atoms with van der Waals surface area (Å²) in [7, 11) is 0. The fourth-order valence-electron chi connectivity index (χ4n) is 2.77. The molecule has 0 atom stereocenters. The molecule has 4 heteroatoms. The van der Waals surface area contributed by atoms with Crippen molar-refractivity contribution in [2.75, 3.05) is 37.6 Å². The topological polar surface area (TPSA) is 49.6 Å². The molecule has 0 aromatic heterocycles. The Kier molecular flexibility index (Phi) is 4.43. The van der Waals surface area contributed by atoms with Gasteiger partial charge in [-0.3, -0.25) is 4.79 Å². The van der Waals surface area contributed by atoms with Gasteiger partial charge < -0.3 is 15.5 Å². The standard InChI is InChI=1S/C15H23N3O/c1-12-4-3-5-13(2)15(12)18-10-8-17(9-11-18)14(19)6-7-16/h3-5H,6-11,16H2,1-2H3. The number of carbonyl (C=O) groups is 1. The first-order valence-electron chi connectivity index (χ1n) is 6.92. The van der Waals surface area contributed by atoms with Gasteiger partial charge in [-0.25, -0.2) is 0 Å². The fraction of sp³-hybridized carbons (Fsp3) is 0.533. The summed E-state index contributed by atoms with van der Waals surface area (Å²) in [5.74, 6) is 0.184. The summed E-state index contributed by atoms with van der Waals surface area (Å²) in [4.78, 5) is 16.1. The van der Waals surface area contributed by atoms with Crippen LogP contribution < -0.4 is 10.6 Å². The fourth-order valence-corrected chi connectivity index (χ4v) is 2.77. The van der Waals surface area contributed by atoms with Crippen LogP contribution in [0.4, 0.5) is 5.69 Å². The zero-order chi connectivity index (χ0) is 13.8. The van der Waals surface area contributed by atoms with Crippen LogP contribution in [0.25, 0.3) is 0 Å². The Morgan fingerprint density at radius 3 is 2.26 bits per heavy atom. The lowest BCUT2D eigenvalue weighted by Crippen LogP contribution is -2.49. The van der Waals surface area contributed by atoms with E-state index in [4.69, 9.17) is 5.73 Å².